The van der Waals surface area contributed by atoms with E-state index in [9.17, 15) is 0 Å². The van der Waals surface area contributed by atoms with Gasteiger partial charge >= 0.3 is 0 Å². The standard InChI is InChI=1S/C17H26N4/c1-3-10-19-17(18-2)20-11-6-12-21-13-9-15-7-4-5-8-16(15)14-21/h3-5,7-8H,1,6,9-14H2,2H3,(H2,18,19,20). The van der Waals surface area contributed by atoms with Gasteiger partial charge in [0.25, 0.3) is 0 Å². The first kappa shape index (κ1) is 15.6. The molecule has 0 aromatic heterocycles. The molecule has 0 fully saturated rings. The second-order valence-corrected chi connectivity index (χ2v) is 5.32. The van der Waals surface area contributed by atoms with E-state index in [4.69, 9.17) is 0 Å². The Hall–Kier alpha value is -1.81. The van der Waals surface area contributed by atoms with Crippen LogP contribution in [0, 0.1) is 0 Å². The molecule has 21 heavy (non-hydrogen) atoms. The first-order chi connectivity index (χ1) is 10.3. The SMILES string of the molecule is C=CCNC(=NC)NCCCN1CCc2ccccc2C1. The van der Waals surface area contributed by atoms with Gasteiger partial charge in [-0.05, 0) is 24.0 Å². The molecule has 0 amide bonds. The maximum absolute atomic E-state index is 4.17. The molecule has 0 atom stereocenters. The van der Waals surface area contributed by atoms with E-state index in [2.05, 4.69) is 51.4 Å². The third-order valence-corrected chi connectivity index (χ3v) is 3.79. The van der Waals surface area contributed by atoms with E-state index in [0.29, 0.717) is 0 Å². The molecule has 4 nitrogen and oxygen atoms in total. The van der Waals surface area contributed by atoms with Crippen molar-refractivity contribution in [3.8, 4) is 0 Å². The highest BCUT2D eigenvalue weighted by Gasteiger charge is 2.14. The number of nitrogens with zero attached hydrogens (tertiary/aromatic N) is 2. The van der Waals surface area contributed by atoms with Gasteiger partial charge in [0.1, 0.15) is 0 Å². The van der Waals surface area contributed by atoms with Crippen LogP contribution in [0.3, 0.4) is 0 Å². The Balaban J connectivity index is 1.67. The second-order valence-electron chi connectivity index (χ2n) is 5.32. The van der Waals surface area contributed by atoms with E-state index >= 15 is 0 Å². The molecular formula is C17H26N4. The molecule has 1 aromatic carbocycles. The summed E-state index contributed by atoms with van der Waals surface area (Å²) in [5.74, 6) is 0.846. The number of guanidine groups is 1. The predicted molar refractivity (Wildman–Crippen MR) is 89.6 cm³/mol. The lowest BCUT2D eigenvalue weighted by Gasteiger charge is -2.28. The van der Waals surface area contributed by atoms with Crippen molar-refractivity contribution in [2.75, 3.05) is 33.2 Å². The van der Waals surface area contributed by atoms with Gasteiger partial charge in [0, 0.05) is 39.8 Å². The van der Waals surface area contributed by atoms with Crippen LogP contribution in [-0.2, 0) is 13.0 Å². The highest BCUT2D eigenvalue weighted by Crippen LogP contribution is 2.18. The summed E-state index contributed by atoms with van der Waals surface area (Å²) < 4.78 is 0. The van der Waals surface area contributed by atoms with Gasteiger partial charge in [-0.2, -0.15) is 0 Å². The smallest absolute Gasteiger partial charge is 0.191 e. The van der Waals surface area contributed by atoms with Gasteiger partial charge in [0.05, 0.1) is 0 Å². The van der Waals surface area contributed by atoms with Crippen molar-refractivity contribution in [3.05, 3.63) is 48.0 Å². The fourth-order valence-corrected chi connectivity index (χ4v) is 2.64. The Labute approximate surface area is 128 Å². The van der Waals surface area contributed by atoms with Gasteiger partial charge in [-0.3, -0.25) is 9.89 Å². The predicted octanol–water partition coefficient (Wildman–Crippen LogP) is 1.79. The Bertz CT molecular complexity index is 481. The van der Waals surface area contributed by atoms with Crippen molar-refractivity contribution in [3.63, 3.8) is 0 Å². The molecule has 0 saturated carbocycles. The van der Waals surface area contributed by atoms with Gasteiger partial charge in [0.15, 0.2) is 5.96 Å². The third kappa shape index (κ3) is 4.90. The zero-order valence-corrected chi connectivity index (χ0v) is 12.9. The summed E-state index contributed by atoms with van der Waals surface area (Å²) in [6.45, 7) is 8.74. The zero-order chi connectivity index (χ0) is 14.9. The van der Waals surface area contributed by atoms with Crippen LogP contribution in [0.5, 0.6) is 0 Å². The van der Waals surface area contributed by atoms with Gasteiger partial charge in [-0.25, -0.2) is 0 Å². The number of nitrogens with one attached hydrogen (secondary N) is 2. The quantitative estimate of drug-likeness (QED) is 0.362. The second kappa shape index (κ2) is 8.47. The number of fused-ring (bicyclic) bond motifs is 1. The third-order valence-electron chi connectivity index (χ3n) is 3.79. The molecule has 1 aromatic rings. The van der Waals surface area contributed by atoms with E-state index in [1.807, 2.05) is 6.08 Å². The lowest BCUT2D eigenvalue weighted by molar-refractivity contribution is 0.251. The molecule has 0 spiro atoms. The first-order valence-electron chi connectivity index (χ1n) is 7.68. The monoisotopic (exact) mass is 286 g/mol. The summed E-state index contributed by atoms with van der Waals surface area (Å²) in [6.07, 6.45) is 4.13. The summed E-state index contributed by atoms with van der Waals surface area (Å²) in [4.78, 5) is 6.70. The first-order valence-corrected chi connectivity index (χ1v) is 7.68. The van der Waals surface area contributed by atoms with E-state index in [1.165, 1.54) is 24.1 Å². The molecule has 1 aliphatic heterocycles. The number of aliphatic imine (C=N–C) groups is 1. The lowest BCUT2D eigenvalue weighted by Crippen LogP contribution is -2.39. The number of hydrogen-bond acceptors (Lipinski definition) is 2. The lowest BCUT2D eigenvalue weighted by atomic mass is 10.00. The van der Waals surface area contributed by atoms with Gasteiger partial charge in [0.2, 0.25) is 0 Å². The fourth-order valence-electron chi connectivity index (χ4n) is 2.64. The Kier molecular flexibility index (Phi) is 6.28. The van der Waals surface area contributed by atoms with Crippen molar-refractivity contribution in [1.29, 1.82) is 0 Å². The Morgan fingerprint density at radius 1 is 1.33 bits per heavy atom. The molecule has 2 rings (SSSR count). The molecule has 4 heteroatoms. The zero-order valence-electron chi connectivity index (χ0n) is 12.9. The molecule has 0 bridgehead atoms. The topological polar surface area (TPSA) is 39.7 Å². The number of hydrogen-bond donors (Lipinski definition) is 2. The Morgan fingerprint density at radius 3 is 2.90 bits per heavy atom. The van der Waals surface area contributed by atoms with Crippen molar-refractivity contribution < 1.29 is 0 Å². The normalized spacial score (nSPS) is 15.4. The van der Waals surface area contributed by atoms with Crippen LogP contribution >= 0.6 is 0 Å². The van der Waals surface area contributed by atoms with Crippen LogP contribution in [0.25, 0.3) is 0 Å². The molecule has 0 aliphatic carbocycles. The maximum atomic E-state index is 4.17. The van der Waals surface area contributed by atoms with E-state index in [0.717, 1.165) is 38.6 Å². The van der Waals surface area contributed by atoms with Crippen molar-refractivity contribution in [1.82, 2.24) is 15.5 Å². The average Bonchev–Trinajstić information content (AvgIpc) is 2.54. The summed E-state index contributed by atoms with van der Waals surface area (Å²) in [5, 5.41) is 6.51. The largest absolute Gasteiger partial charge is 0.356 e. The van der Waals surface area contributed by atoms with Crippen LogP contribution < -0.4 is 10.6 Å². The molecule has 0 radical (unpaired) electrons. The highest BCUT2D eigenvalue weighted by atomic mass is 15.2. The Morgan fingerprint density at radius 2 is 2.14 bits per heavy atom. The van der Waals surface area contributed by atoms with E-state index in [1.54, 1.807) is 7.05 Å². The summed E-state index contributed by atoms with van der Waals surface area (Å²) >= 11 is 0. The van der Waals surface area contributed by atoms with Gasteiger partial charge in [-0.15, -0.1) is 6.58 Å². The molecule has 0 saturated heterocycles. The maximum Gasteiger partial charge on any atom is 0.191 e. The van der Waals surface area contributed by atoms with Crippen LogP contribution in [0.15, 0.2) is 41.9 Å². The van der Waals surface area contributed by atoms with Crippen LogP contribution in [-0.4, -0.2) is 44.1 Å². The van der Waals surface area contributed by atoms with Gasteiger partial charge < -0.3 is 10.6 Å². The summed E-state index contributed by atoms with van der Waals surface area (Å²) in [6, 6.07) is 8.78. The van der Waals surface area contributed by atoms with Crippen molar-refractivity contribution in [2.24, 2.45) is 4.99 Å². The molecule has 114 valence electrons. The minimum atomic E-state index is 0.739. The number of benzene rings is 1. The summed E-state index contributed by atoms with van der Waals surface area (Å²) in [7, 11) is 1.79. The minimum absolute atomic E-state index is 0.739. The minimum Gasteiger partial charge on any atom is -0.356 e. The van der Waals surface area contributed by atoms with Gasteiger partial charge in [-0.1, -0.05) is 30.3 Å². The summed E-state index contributed by atoms with van der Waals surface area (Å²) in [5.41, 5.74) is 3.00. The van der Waals surface area contributed by atoms with Crippen LogP contribution in [0.1, 0.15) is 17.5 Å². The highest BCUT2D eigenvalue weighted by molar-refractivity contribution is 5.79. The van der Waals surface area contributed by atoms with E-state index < -0.39 is 0 Å². The molecule has 2 N–H and O–H groups in total. The fraction of sp³-hybridized carbons (Fsp3) is 0.471. The molecule has 1 aliphatic rings. The molecular weight excluding hydrogens is 260 g/mol. The van der Waals surface area contributed by atoms with Crippen LogP contribution in [0.4, 0.5) is 0 Å². The van der Waals surface area contributed by atoms with Crippen molar-refractivity contribution >= 4 is 5.96 Å². The average molecular weight is 286 g/mol. The molecule has 1 heterocycles. The van der Waals surface area contributed by atoms with Crippen molar-refractivity contribution in [2.45, 2.75) is 19.4 Å². The van der Waals surface area contributed by atoms with Crippen LogP contribution in [0.2, 0.25) is 0 Å². The number of rotatable bonds is 6. The van der Waals surface area contributed by atoms with E-state index in [-0.39, 0.29) is 0 Å². The molecule has 0 unspecified atom stereocenters.